The minimum absolute atomic E-state index is 0.210. The zero-order valence-electron chi connectivity index (χ0n) is 11.4. The van der Waals surface area contributed by atoms with Crippen LogP contribution in [0.1, 0.15) is 33.1 Å². The molecular weight excluding hydrogens is 198 g/mol. The van der Waals surface area contributed by atoms with Crippen LogP contribution in [-0.2, 0) is 0 Å². The molecule has 0 radical (unpaired) electrons. The van der Waals surface area contributed by atoms with E-state index in [1.165, 1.54) is 19.3 Å². The minimum atomic E-state index is 0.210. The van der Waals surface area contributed by atoms with E-state index in [2.05, 4.69) is 38.2 Å². The smallest absolute Gasteiger partial charge is 0.0307 e. The first-order chi connectivity index (χ1) is 7.49. The van der Waals surface area contributed by atoms with Crippen LogP contribution in [0.2, 0.25) is 0 Å². The van der Waals surface area contributed by atoms with Crippen LogP contribution in [0.3, 0.4) is 0 Å². The Hall–Kier alpha value is -0.120. The fraction of sp³-hybridized carbons (Fsp3) is 1.00. The molecule has 0 aliphatic heterocycles. The summed E-state index contributed by atoms with van der Waals surface area (Å²) in [6, 6.07) is 0. The minimum Gasteiger partial charge on any atom is -0.329 e. The molecule has 3 heteroatoms. The van der Waals surface area contributed by atoms with Gasteiger partial charge in [0.15, 0.2) is 0 Å². The third-order valence-electron chi connectivity index (χ3n) is 4.21. The number of nitrogens with zero attached hydrogens (tertiary/aromatic N) is 1. The van der Waals surface area contributed by atoms with Crippen molar-refractivity contribution < 1.29 is 0 Å². The Morgan fingerprint density at radius 1 is 1.31 bits per heavy atom. The molecule has 0 aromatic heterocycles. The van der Waals surface area contributed by atoms with Crippen molar-refractivity contribution in [2.24, 2.45) is 17.6 Å². The van der Waals surface area contributed by atoms with Crippen molar-refractivity contribution in [3.63, 3.8) is 0 Å². The average Bonchev–Trinajstić information content (AvgIpc) is 2.23. The molecule has 3 nitrogen and oxygen atoms in total. The van der Waals surface area contributed by atoms with Gasteiger partial charge in [0.2, 0.25) is 0 Å². The molecule has 0 aromatic carbocycles. The lowest BCUT2D eigenvalue weighted by Crippen LogP contribution is -2.56. The van der Waals surface area contributed by atoms with E-state index >= 15 is 0 Å². The molecule has 96 valence electrons. The Kier molecular flexibility index (Phi) is 5.22. The second-order valence-corrected chi connectivity index (χ2v) is 5.91. The molecule has 0 bridgehead atoms. The van der Waals surface area contributed by atoms with Crippen LogP contribution in [-0.4, -0.2) is 44.2 Å². The summed E-state index contributed by atoms with van der Waals surface area (Å²) in [5, 5.41) is 3.70. The first-order valence-corrected chi connectivity index (χ1v) is 6.59. The molecule has 0 amide bonds. The summed E-state index contributed by atoms with van der Waals surface area (Å²) >= 11 is 0. The topological polar surface area (TPSA) is 41.3 Å². The molecular formula is C13H29N3. The molecule has 3 unspecified atom stereocenters. The Bertz CT molecular complexity index is 205. The van der Waals surface area contributed by atoms with Gasteiger partial charge in [0.05, 0.1) is 0 Å². The van der Waals surface area contributed by atoms with Gasteiger partial charge in [-0.3, -0.25) is 0 Å². The van der Waals surface area contributed by atoms with Crippen molar-refractivity contribution in [2.45, 2.75) is 38.6 Å². The average molecular weight is 227 g/mol. The summed E-state index contributed by atoms with van der Waals surface area (Å²) in [6.07, 6.45) is 3.79. The van der Waals surface area contributed by atoms with Crippen molar-refractivity contribution >= 4 is 0 Å². The van der Waals surface area contributed by atoms with Gasteiger partial charge in [0, 0.05) is 25.2 Å². The van der Waals surface area contributed by atoms with E-state index in [9.17, 15) is 0 Å². The lowest BCUT2D eigenvalue weighted by atomic mass is 9.71. The molecule has 0 heterocycles. The third kappa shape index (κ3) is 3.72. The van der Waals surface area contributed by atoms with Crippen molar-refractivity contribution in [1.29, 1.82) is 0 Å². The van der Waals surface area contributed by atoms with Crippen molar-refractivity contribution in [2.75, 3.05) is 33.7 Å². The van der Waals surface area contributed by atoms with Gasteiger partial charge in [-0.2, -0.15) is 0 Å². The highest BCUT2D eigenvalue weighted by Gasteiger charge is 2.35. The van der Waals surface area contributed by atoms with Crippen LogP contribution in [0.25, 0.3) is 0 Å². The van der Waals surface area contributed by atoms with Crippen LogP contribution in [0.4, 0.5) is 0 Å². The van der Waals surface area contributed by atoms with Crippen LogP contribution >= 0.6 is 0 Å². The van der Waals surface area contributed by atoms with Gasteiger partial charge in [0.1, 0.15) is 0 Å². The summed E-state index contributed by atoms with van der Waals surface area (Å²) in [5.74, 6) is 1.65. The Labute approximate surface area is 101 Å². The van der Waals surface area contributed by atoms with E-state index in [1.54, 1.807) is 0 Å². The molecule has 1 saturated carbocycles. The lowest BCUT2D eigenvalue weighted by Gasteiger charge is -2.43. The molecule has 1 aliphatic carbocycles. The maximum Gasteiger partial charge on any atom is 0.0307 e. The maximum absolute atomic E-state index is 5.99. The Balaban J connectivity index is 2.44. The molecule has 3 atom stereocenters. The second kappa shape index (κ2) is 5.99. The largest absolute Gasteiger partial charge is 0.329 e. The Morgan fingerprint density at radius 3 is 2.50 bits per heavy atom. The van der Waals surface area contributed by atoms with Crippen molar-refractivity contribution in [3.8, 4) is 0 Å². The molecule has 1 aliphatic rings. The quantitative estimate of drug-likeness (QED) is 0.744. The fourth-order valence-corrected chi connectivity index (χ4v) is 2.67. The summed E-state index contributed by atoms with van der Waals surface area (Å²) in [6.45, 7) is 7.64. The highest BCUT2D eigenvalue weighted by Crippen LogP contribution is 2.35. The molecule has 1 fully saturated rings. The first-order valence-electron chi connectivity index (χ1n) is 6.59. The van der Waals surface area contributed by atoms with Crippen molar-refractivity contribution in [1.82, 2.24) is 10.2 Å². The number of hydrogen-bond acceptors (Lipinski definition) is 3. The summed E-state index contributed by atoms with van der Waals surface area (Å²) < 4.78 is 0. The number of nitrogens with one attached hydrogen (secondary N) is 1. The van der Waals surface area contributed by atoms with E-state index in [4.69, 9.17) is 5.73 Å². The molecule has 3 N–H and O–H groups in total. The fourth-order valence-electron chi connectivity index (χ4n) is 2.67. The van der Waals surface area contributed by atoms with Gasteiger partial charge in [-0.25, -0.2) is 0 Å². The van der Waals surface area contributed by atoms with E-state index in [0.717, 1.165) is 31.5 Å². The number of nitrogens with two attached hydrogens (primary N) is 1. The predicted octanol–water partition coefficient (Wildman–Crippen LogP) is 1.29. The van der Waals surface area contributed by atoms with Crippen LogP contribution in [0.5, 0.6) is 0 Å². The zero-order chi connectivity index (χ0) is 12.2. The number of rotatable bonds is 5. The maximum atomic E-state index is 5.99. The highest BCUT2D eigenvalue weighted by molar-refractivity contribution is 4.95. The normalized spacial score (nSPS) is 35.6. The van der Waals surface area contributed by atoms with Gasteiger partial charge < -0.3 is 16.0 Å². The standard InChI is InChI=1S/C13H29N3/c1-11-5-6-13(10-14,9-12(11)2)15-7-8-16(3)4/h11-12,15H,5-10,14H2,1-4H3. The lowest BCUT2D eigenvalue weighted by molar-refractivity contribution is 0.144. The highest BCUT2D eigenvalue weighted by atomic mass is 15.1. The summed E-state index contributed by atoms with van der Waals surface area (Å²) in [5.41, 5.74) is 6.20. The molecule has 0 spiro atoms. The molecule has 1 rings (SSSR count). The van der Waals surface area contributed by atoms with E-state index in [0.29, 0.717) is 0 Å². The molecule has 16 heavy (non-hydrogen) atoms. The predicted molar refractivity (Wildman–Crippen MR) is 70.5 cm³/mol. The van der Waals surface area contributed by atoms with Gasteiger partial charge in [-0.1, -0.05) is 13.8 Å². The summed E-state index contributed by atoms with van der Waals surface area (Å²) in [7, 11) is 4.23. The van der Waals surface area contributed by atoms with Crippen LogP contribution < -0.4 is 11.1 Å². The number of likely N-dealkylation sites (N-methyl/N-ethyl adjacent to an activating group) is 1. The van der Waals surface area contributed by atoms with Crippen molar-refractivity contribution in [3.05, 3.63) is 0 Å². The van der Waals surface area contributed by atoms with E-state index < -0.39 is 0 Å². The third-order valence-corrected chi connectivity index (χ3v) is 4.21. The van der Waals surface area contributed by atoms with Gasteiger partial charge >= 0.3 is 0 Å². The Morgan fingerprint density at radius 2 is 2.00 bits per heavy atom. The summed E-state index contributed by atoms with van der Waals surface area (Å²) in [4.78, 5) is 2.21. The monoisotopic (exact) mass is 227 g/mol. The zero-order valence-corrected chi connectivity index (χ0v) is 11.4. The molecule has 0 aromatic rings. The number of hydrogen-bond donors (Lipinski definition) is 2. The molecule has 0 saturated heterocycles. The van der Waals surface area contributed by atoms with Crippen LogP contribution in [0.15, 0.2) is 0 Å². The van der Waals surface area contributed by atoms with E-state index in [1.807, 2.05) is 0 Å². The second-order valence-electron chi connectivity index (χ2n) is 5.91. The SMILES string of the molecule is CC1CCC(CN)(NCCN(C)C)CC1C. The van der Waals surface area contributed by atoms with Crippen LogP contribution in [0, 0.1) is 11.8 Å². The van der Waals surface area contributed by atoms with Gasteiger partial charge in [-0.05, 0) is 45.2 Å². The van der Waals surface area contributed by atoms with Gasteiger partial charge in [0.25, 0.3) is 0 Å². The van der Waals surface area contributed by atoms with Gasteiger partial charge in [-0.15, -0.1) is 0 Å². The van der Waals surface area contributed by atoms with E-state index in [-0.39, 0.29) is 5.54 Å². The first kappa shape index (κ1) is 13.9.